The van der Waals surface area contributed by atoms with Crippen LogP contribution in [0.3, 0.4) is 0 Å². The Morgan fingerprint density at radius 1 is 1.47 bits per heavy atom. The van der Waals surface area contributed by atoms with Crippen LogP contribution < -0.4 is 11.5 Å². The average Bonchev–Trinajstić information content (AvgIpc) is 2.27. The molecule has 80 valence electrons. The molecule has 0 radical (unpaired) electrons. The van der Waals surface area contributed by atoms with E-state index in [9.17, 15) is 0 Å². The first-order valence-corrected chi connectivity index (χ1v) is 4.29. The van der Waals surface area contributed by atoms with Crippen LogP contribution in [0.2, 0.25) is 0 Å². The normalized spacial score (nSPS) is 19.7. The molecule has 0 saturated carbocycles. The van der Waals surface area contributed by atoms with Gasteiger partial charge < -0.3 is 11.5 Å². The lowest BCUT2D eigenvalue weighted by atomic mass is 10.2. The average molecular weight is 209 g/mol. The summed E-state index contributed by atoms with van der Waals surface area (Å²) in [5.41, 5.74) is 10.8. The third-order valence-corrected chi connectivity index (χ3v) is 1.38. The highest BCUT2D eigenvalue weighted by molar-refractivity contribution is 5.93. The predicted molar refractivity (Wildman–Crippen MR) is 63.9 cm³/mol. The largest absolute Gasteiger partial charge is 0.387 e. The van der Waals surface area contributed by atoms with E-state index in [4.69, 9.17) is 18.3 Å². The van der Waals surface area contributed by atoms with Gasteiger partial charge in [0.25, 0.3) is 0 Å². The molecule has 1 rings (SSSR count). The quantitative estimate of drug-likeness (QED) is 0.573. The first-order chi connectivity index (χ1) is 9.06. The molecule has 4 heteroatoms. The second-order valence-electron chi connectivity index (χ2n) is 2.75. The summed E-state index contributed by atoms with van der Waals surface area (Å²) in [5, 5.41) is 0. The standard InChI is InChI=1S/C11H16N4/c1-9(12)15-11(13)14-8-7-10-5-3-2-4-6-10/h2-6H,7-8H2,1H3,(H4,12,13,14,15)/i2D,7D2,8D2. The fraction of sp³-hybridized carbons (Fsp3) is 0.273. The van der Waals surface area contributed by atoms with Gasteiger partial charge in [0.15, 0.2) is 0 Å². The molecule has 1 aromatic rings. The SMILES string of the molecule is [2H]c1ccc(C([2H])([2H])C([2H])([2H])N=C(N)N=C(C)N)cc1. The first kappa shape index (κ1) is 5.90. The summed E-state index contributed by atoms with van der Waals surface area (Å²) in [6.45, 7) is -1.17. The Labute approximate surface area is 96.8 Å². The zero-order chi connectivity index (χ0) is 15.6. The number of aliphatic imine (C=N–C) groups is 2. The van der Waals surface area contributed by atoms with Crippen molar-refractivity contribution in [2.45, 2.75) is 13.3 Å². The zero-order valence-electron chi connectivity index (χ0n) is 13.4. The predicted octanol–water partition coefficient (Wildman–Crippen LogP) is 0.921. The molecule has 0 amide bonds. The summed E-state index contributed by atoms with van der Waals surface area (Å²) in [6, 6.07) is 5.63. The van der Waals surface area contributed by atoms with E-state index in [0.29, 0.717) is 0 Å². The minimum atomic E-state index is -2.63. The van der Waals surface area contributed by atoms with Gasteiger partial charge in [-0.25, -0.2) is 4.99 Å². The summed E-state index contributed by atoms with van der Waals surface area (Å²) in [6.07, 6.45) is -2.43. The van der Waals surface area contributed by atoms with Crippen LogP contribution in [0.5, 0.6) is 0 Å². The van der Waals surface area contributed by atoms with Gasteiger partial charge >= 0.3 is 0 Å². The molecule has 0 spiro atoms. The monoisotopic (exact) mass is 209 g/mol. The van der Waals surface area contributed by atoms with Gasteiger partial charge in [-0.2, -0.15) is 0 Å². The van der Waals surface area contributed by atoms with Gasteiger partial charge in [-0.3, -0.25) is 4.99 Å². The maximum absolute atomic E-state index is 7.90. The molecule has 0 unspecified atom stereocenters. The number of benzene rings is 1. The van der Waals surface area contributed by atoms with Gasteiger partial charge in [0.05, 0.1) is 9.95 Å². The number of amidine groups is 1. The van der Waals surface area contributed by atoms with E-state index in [1.165, 1.54) is 31.2 Å². The maximum atomic E-state index is 7.90. The van der Waals surface area contributed by atoms with Gasteiger partial charge in [-0.1, -0.05) is 30.3 Å². The molecule has 0 aromatic heterocycles. The van der Waals surface area contributed by atoms with E-state index >= 15 is 0 Å². The summed E-state index contributed by atoms with van der Waals surface area (Å²) in [7, 11) is 0. The van der Waals surface area contributed by atoms with E-state index < -0.39 is 18.8 Å². The van der Waals surface area contributed by atoms with Crippen molar-refractivity contribution in [3.8, 4) is 0 Å². The van der Waals surface area contributed by atoms with Crippen molar-refractivity contribution in [1.29, 1.82) is 0 Å². The summed E-state index contributed by atoms with van der Waals surface area (Å²) >= 11 is 0. The minimum absolute atomic E-state index is 0.0588. The van der Waals surface area contributed by atoms with Crippen molar-refractivity contribution >= 4 is 11.8 Å². The maximum Gasteiger partial charge on any atom is 0.216 e. The van der Waals surface area contributed by atoms with Crippen molar-refractivity contribution in [3.63, 3.8) is 0 Å². The summed E-state index contributed by atoms with van der Waals surface area (Å²) in [4.78, 5) is 7.03. The number of aryl methyl sites for hydroxylation is 1. The zero-order valence-corrected chi connectivity index (χ0v) is 8.36. The van der Waals surface area contributed by atoms with E-state index in [-0.39, 0.29) is 17.4 Å². The smallest absolute Gasteiger partial charge is 0.216 e. The number of hydrogen-bond donors (Lipinski definition) is 2. The molecule has 0 heterocycles. The second kappa shape index (κ2) is 5.80. The molecule has 0 atom stereocenters. The Morgan fingerprint density at radius 3 is 2.73 bits per heavy atom. The van der Waals surface area contributed by atoms with E-state index in [0.717, 1.165) is 0 Å². The highest BCUT2D eigenvalue weighted by atomic mass is 15.1. The number of guanidine groups is 1. The molecule has 0 aliphatic heterocycles. The lowest BCUT2D eigenvalue weighted by molar-refractivity contribution is 0.962. The van der Waals surface area contributed by atoms with Crippen molar-refractivity contribution in [3.05, 3.63) is 35.9 Å². The highest BCUT2D eigenvalue weighted by Gasteiger charge is 1.91. The number of nitrogens with zero attached hydrogens (tertiary/aromatic N) is 2. The van der Waals surface area contributed by atoms with Crippen LogP contribution in [0.1, 0.15) is 19.3 Å². The lowest BCUT2D eigenvalue weighted by Gasteiger charge is -1.97. The Bertz CT molecular complexity index is 532. The topological polar surface area (TPSA) is 76.8 Å². The molecule has 0 bridgehead atoms. The van der Waals surface area contributed by atoms with E-state index in [2.05, 4.69) is 9.98 Å². The molecule has 15 heavy (non-hydrogen) atoms. The number of hydrogen-bond acceptors (Lipinski definition) is 1. The van der Waals surface area contributed by atoms with Crippen LogP contribution >= 0.6 is 0 Å². The third kappa shape index (κ3) is 4.81. The van der Waals surface area contributed by atoms with Crippen LogP contribution in [0.4, 0.5) is 0 Å². The van der Waals surface area contributed by atoms with Crippen molar-refractivity contribution in [2.24, 2.45) is 21.5 Å². The third-order valence-electron chi connectivity index (χ3n) is 1.38. The van der Waals surface area contributed by atoms with Crippen molar-refractivity contribution in [2.75, 3.05) is 6.50 Å². The summed E-state index contributed by atoms with van der Waals surface area (Å²) < 4.78 is 38.7. The fourth-order valence-corrected chi connectivity index (χ4v) is 0.826. The van der Waals surface area contributed by atoms with Crippen molar-refractivity contribution < 1.29 is 6.85 Å². The molecule has 1 aromatic carbocycles. The van der Waals surface area contributed by atoms with Crippen LogP contribution in [0.15, 0.2) is 40.3 Å². The van der Waals surface area contributed by atoms with Gasteiger partial charge in [-0.05, 0) is 18.9 Å². The van der Waals surface area contributed by atoms with E-state index in [1.807, 2.05) is 0 Å². The second-order valence-corrected chi connectivity index (χ2v) is 2.75. The fourth-order valence-electron chi connectivity index (χ4n) is 0.826. The lowest BCUT2D eigenvalue weighted by Crippen LogP contribution is -2.16. The molecule has 0 saturated heterocycles. The number of rotatable bonds is 3. The summed E-state index contributed by atoms with van der Waals surface area (Å²) in [5.74, 6) is -0.336. The highest BCUT2D eigenvalue weighted by Crippen LogP contribution is 1.99. The molecule has 0 aliphatic carbocycles. The Kier molecular flexibility index (Phi) is 2.28. The van der Waals surface area contributed by atoms with Gasteiger partial charge in [0, 0.05) is 9.24 Å². The van der Waals surface area contributed by atoms with Gasteiger partial charge in [-0.15, -0.1) is 0 Å². The molecular formula is C11H16N4. The van der Waals surface area contributed by atoms with Crippen molar-refractivity contribution in [1.82, 2.24) is 0 Å². The Balaban J connectivity index is 3.18. The molecular weight excluding hydrogens is 188 g/mol. The Morgan fingerprint density at radius 2 is 2.13 bits per heavy atom. The van der Waals surface area contributed by atoms with Gasteiger partial charge in [0.1, 0.15) is 0 Å². The van der Waals surface area contributed by atoms with Gasteiger partial charge in [0.2, 0.25) is 5.96 Å². The molecule has 4 nitrogen and oxygen atoms in total. The van der Waals surface area contributed by atoms with Crippen LogP contribution in [0, 0.1) is 0 Å². The Hall–Kier alpha value is -1.84. The van der Waals surface area contributed by atoms with E-state index in [1.54, 1.807) is 0 Å². The molecule has 4 N–H and O–H groups in total. The van der Waals surface area contributed by atoms with Crippen LogP contribution in [0.25, 0.3) is 0 Å². The number of nitrogens with two attached hydrogens (primary N) is 2. The van der Waals surface area contributed by atoms with Crippen LogP contribution in [-0.4, -0.2) is 18.3 Å². The first-order valence-electron chi connectivity index (χ1n) is 6.79. The molecule has 0 aliphatic rings. The minimum Gasteiger partial charge on any atom is -0.387 e. The molecule has 0 fully saturated rings. The van der Waals surface area contributed by atoms with Crippen LogP contribution in [-0.2, 0) is 6.37 Å².